The van der Waals surface area contributed by atoms with Crippen LogP contribution in [0, 0.1) is 0 Å². The molecule has 182 valence electrons. The number of carbonyl (C=O) groups is 1. The molecule has 1 fully saturated rings. The van der Waals surface area contributed by atoms with E-state index in [0.717, 1.165) is 29.9 Å². The number of nitrogens with one attached hydrogen (secondary N) is 1. The van der Waals surface area contributed by atoms with Gasteiger partial charge in [-0.15, -0.1) is 0 Å². The number of hydrogen-bond acceptors (Lipinski definition) is 5. The summed E-state index contributed by atoms with van der Waals surface area (Å²) in [6.45, 7) is 3.70. The molecule has 0 atom stereocenters. The maximum Gasteiger partial charge on any atom is 0.255 e. The van der Waals surface area contributed by atoms with Gasteiger partial charge in [-0.1, -0.05) is 35.9 Å². The number of ether oxygens (including phenoxy) is 1. The van der Waals surface area contributed by atoms with Crippen LogP contribution in [0.15, 0.2) is 71.6 Å². The van der Waals surface area contributed by atoms with Gasteiger partial charge in [0.05, 0.1) is 18.2 Å². The third-order valence-corrected chi connectivity index (χ3v) is 8.73. The molecule has 5 rings (SSSR count). The van der Waals surface area contributed by atoms with Gasteiger partial charge in [-0.3, -0.25) is 4.79 Å². The van der Waals surface area contributed by atoms with Crippen molar-refractivity contribution in [1.29, 1.82) is 0 Å². The first-order valence-corrected chi connectivity index (χ1v) is 13.3. The lowest BCUT2D eigenvalue weighted by Crippen LogP contribution is -2.36. The normalized spacial score (nSPS) is 16.5. The van der Waals surface area contributed by atoms with Crippen LogP contribution in [-0.2, 0) is 27.7 Å². The first kappa shape index (κ1) is 23.8. The lowest BCUT2D eigenvalue weighted by molar-refractivity contribution is 0.102. The highest BCUT2D eigenvalue weighted by Gasteiger charge is 2.30. The SMILES string of the molecule is O=C(Nc1ccc(N2CCOCC2)cc1)c1ccc(Cl)c(S(=O)(=O)N2CCc3ccccc3C2)c1. The smallest absolute Gasteiger partial charge is 0.255 e. The largest absolute Gasteiger partial charge is 0.378 e. The lowest BCUT2D eigenvalue weighted by atomic mass is 10.0. The van der Waals surface area contributed by atoms with Gasteiger partial charge in [-0.25, -0.2) is 8.42 Å². The van der Waals surface area contributed by atoms with E-state index in [2.05, 4.69) is 10.2 Å². The summed E-state index contributed by atoms with van der Waals surface area (Å²) in [5.74, 6) is -0.402. The summed E-state index contributed by atoms with van der Waals surface area (Å²) in [6.07, 6.45) is 0.633. The van der Waals surface area contributed by atoms with Crippen LogP contribution >= 0.6 is 11.6 Å². The van der Waals surface area contributed by atoms with Gasteiger partial charge in [0.15, 0.2) is 0 Å². The first-order chi connectivity index (χ1) is 16.9. The molecular formula is C26H26ClN3O4S. The molecule has 3 aromatic carbocycles. The van der Waals surface area contributed by atoms with E-state index in [1.165, 1.54) is 22.5 Å². The van der Waals surface area contributed by atoms with E-state index in [4.69, 9.17) is 16.3 Å². The molecule has 2 heterocycles. The Balaban J connectivity index is 1.33. The van der Waals surface area contributed by atoms with Gasteiger partial charge in [0.2, 0.25) is 10.0 Å². The van der Waals surface area contributed by atoms with Crippen molar-refractivity contribution in [3.63, 3.8) is 0 Å². The highest BCUT2D eigenvalue weighted by Crippen LogP contribution is 2.30. The maximum atomic E-state index is 13.4. The van der Waals surface area contributed by atoms with Gasteiger partial charge in [-0.05, 0) is 60.0 Å². The molecule has 9 heteroatoms. The summed E-state index contributed by atoms with van der Waals surface area (Å²) in [5.41, 5.74) is 4.04. The molecular weight excluding hydrogens is 486 g/mol. The predicted octanol–water partition coefficient (Wildman–Crippen LogP) is 4.18. The van der Waals surface area contributed by atoms with E-state index in [1.807, 2.05) is 48.5 Å². The summed E-state index contributed by atoms with van der Waals surface area (Å²) in [5, 5.41) is 2.94. The number of benzene rings is 3. The number of fused-ring (bicyclic) bond motifs is 1. The minimum absolute atomic E-state index is 0.0612. The quantitative estimate of drug-likeness (QED) is 0.556. The van der Waals surface area contributed by atoms with Crippen LogP contribution in [0.5, 0.6) is 0 Å². The van der Waals surface area contributed by atoms with E-state index >= 15 is 0 Å². The monoisotopic (exact) mass is 511 g/mol. The molecule has 0 spiro atoms. The Hall–Kier alpha value is -2.91. The first-order valence-electron chi connectivity index (χ1n) is 11.5. The van der Waals surface area contributed by atoms with Crippen molar-refractivity contribution >= 4 is 38.9 Å². The van der Waals surface area contributed by atoms with Crippen LogP contribution in [0.3, 0.4) is 0 Å². The van der Waals surface area contributed by atoms with Crippen LogP contribution in [-0.4, -0.2) is 51.5 Å². The van der Waals surface area contributed by atoms with Crippen LogP contribution < -0.4 is 10.2 Å². The van der Waals surface area contributed by atoms with E-state index in [-0.39, 0.29) is 22.0 Å². The lowest BCUT2D eigenvalue weighted by Gasteiger charge is -2.29. The Morgan fingerprint density at radius 1 is 0.914 bits per heavy atom. The van der Waals surface area contributed by atoms with E-state index < -0.39 is 15.9 Å². The molecule has 0 radical (unpaired) electrons. The summed E-state index contributed by atoms with van der Waals surface area (Å²) in [7, 11) is -3.88. The second-order valence-corrected chi connectivity index (χ2v) is 10.9. The third kappa shape index (κ3) is 5.06. The van der Waals surface area contributed by atoms with Gasteiger partial charge in [0, 0.05) is 43.1 Å². The zero-order valence-corrected chi connectivity index (χ0v) is 20.7. The highest BCUT2D eigenvalue weighted by atomic mass is 35.5. The number of morpholine rings is 1. The number of rotatable bonds is 5. The van der Waals surface area contributed by atoms with Crippen molar-refractivity contribution < 1.29 is 17.9 Å². The fraction of sp³-hybridized carbons (Fsp3) is 0.269. The van der Waals surface area contributed by atoms with Crippen molar-refractivity contribution in [1.82, 2.24) is 4.31 Å². The van der Waals surface area contributed by atoms with Gasteiger partial charge in [-0.2, -0.15) is 4.31 Å². The molecule has 2 aliphatic rings. The number of amides is 1. The molecule has 0 bridgehead atoms. The number of nitrogens with zero attached hydrogens (tertiary/aromatic N) is 2. The Bertz CT molecular complexity index is 1340. The Labute approximate surface area is 210 Å². The number of hydrogen-bond donors (Lipinski definition) is 1. The molecule has 7 nitrogen and oxygen atoms in total. The second-order valence-electron chi connectivity index (χ2n) is 8.60. The third-order valence-electron chi connectivity index (χ3n) is 6.41. The summed E-state index contributed by atoms with van der Waals surface area (Å²) in [6, 6.07) is 19.7. The zero-order chi connectivity index (χ0) is 24.4. The maximum absolute atomic E-state index is 13.4. The van der Waals surface area contributed by atoms with Gasteiger partial charge < -0.3 is 15.0 Å². The minimum Gasteiger partial charge on any atom is -0.378 e. The Morgan fingerprint density at radius 3 is 2.37 bits per heavy atom. The molecule has 2 aliphatic heterocycles. The number of sulfonamides is 1. The van der Waals surface area contributed by atoms with Crippen LogP contribution in [0.4, 0.5) is 11.4 Å². The number of halogens is 1. The fourth-order valence-electron chi connectivity index (χ4n) is 4.44. The Kier molecular flexibility index (Phi) is 6.80. The van der Waals surface area contributed by atoms with Crippen molar-refractivity contribution in [2.75, 3.05) is 43.1 Å². The predicted molar refractivity (Wildman–Crippen MR) is 137 cm³/mol. The fourth-order valence-corrected chi connectivity index (χ4v) is 6.36. The molecule has 1 saturated heterocycles. The van der Waals surface area contributed by atoms with Crippen molar-refractivity contribution in [2.45, 2.75) is 17.9 Å². The van der Waals surface area contributed by atoms with Crippen molar-refractivity contribution in [3.05, 3.63) is 88.4 Å². The summed E-state index contributed by atoms with van der Waals surface area (Å²) in [4.78, 5) is 15.1. The van der Waals surface area contributed by atoms with Crippen LogP contribution in [0.1, 0.15) is 21.5 Å². The van der Waals surface area contributed by atoms with E-state index in [0.29, 0.717) is 31.9 Å². The average molecular weight is 512 g/mol. The summed E-state index contributed by atoms with van der Waals surface area (Å²) >= 11 is 6.31. The molecule has 0 saturated carbocycles. The number of anilines is 2. The molecule has 35 heavy (non-hydrogen) atoms. The molecule has 0 aliphatic carbocycles. The number of carbonyl (C=O) groups excluding carboxylic acids is 1. The second kappa shape index (κ2) is 9.99. The average Bonchev–Trinajstić information content (AvgIpc) is 2.89. The van der Waals surface area contributed by atoms with Crippen LogP contribution in [0.25, 0.3) is 0 Å². The van der Waals surface area contributed by atoms with Crippen molar-refractivity contribution in [2.24, 2.45) is 0 Å². The molecule has 0 unspecified atom stereocenters. The topological polar surface area (TPSA) is 79.0 Å². The Morgan fingerprint density at radius 2 is 1.63 bits per heavy atom. The summed E-state index contributed by atoms with van der Waals surface area (Å²) < 4.78 is 33.7. The standard InChI is InChI=1S/C26H26ClN3O4S/c27-24-10-5-20(26(31)28-22-6-8-23(9-7-22)29-13-15-34-16-14-29)17-25(24)35(32,33)30-12-11-19-3-1-2-4-21(19)18-30/h1-10,17H,11-16,18H2,(H,28,31). The van der Waals surface area contributed by atoms with E-state index in [1.54, 1.807) is 0 Å². The highest BCUT2D eigenvalue weighted by molar-refractivity contribution is 7.89. The zero-order valence-electron chi connectivity index (χ0n) is 19.1. The molecule has 1 N–H and O–H groups in total. The van der Waals surface area contributed by atoms with Crippen molar-refractivity contribution in [3.8, 4) is 0 Å². The molecule has 1 amide bonds. The van der Waals surface area contributed by atoms with E-state index in [9.17, 15) is 13.2 Å². The van der Waals surface area contributed by atoms with Gasteiger partial charge >= 0.3 is 0 Å². The minimum atomic E-state index is -3.88. The van der Waals surface area contributed by atoms with Gasteiger partial charge in [0.1, 0.15) is 4.90 Å². The van der Waals surface area contributed by atoms with Gasteiger partial charge in [0.25, 0.3) is 5.91 Å². The molecule has 0 aromatic heterocycles. The molecule has 3 aromatic rings. The van der Waals surface area contributed by atoms with Crippen LogP contribution in [0.2, 0.25) is 5.02 Å².